The van der Waals surface area contributed by atoms with Crippen molar-refractivity contribution in [3.63, 3.8) is 0 Å². The molecule has 1 unspecified atom stereocenters. The predicted molar refractivity (Wildman–Crippen MR) is 54.9 cm³/mol. The lowest BCUT2D eigenvalue weighted by molar-refractivity contribution is -0.139. The molecule has 1 aliphatic heterocycles. The lowest BCUT2D eigenvalue weighted by Crippen LogP contribution is -2.44. The average molecular weight is 200 g/mol. The van der Waals surface area contributed by atoms with Crippen molar-refractivity contribution >= 4 is 5.91 Å². The third-order valence-electron chi connectivity index (χ3n) is 2.62. The van der Waals surface area contributed by atoms with Gasteiger partial charge in [0.25, 0.3) is 5.91 Å². The number of hydrogen-bond donors (Lipinski definition) is 2. The number of nitrogens with one attached hydrogen (secondary N) is 1. The first-order valence-electron chi connectivity index (χ1n) is 5.31. The fourth-order valence-electron chi connectivity index (χ4n) is 1.62. The van der Waals surface area contributed by atoms with Crippen LogP contribution >= 0.6 is 0 Å². The molecule has 1 rings (SSSR count). The second-order valence-corrected chi connectivity index (χ2v) is 3.93. The largest absolute Gasteiger partial charge is 0.365 e. The van der Waals surface area contributed by atoms with Crippen LogP contribution in [0.25, 0.3) is 0 Å². The molecule has 0 aliphatic carbocycles. The zero-order valence-corrected chi connectivity index (χ0v) is 8.84. The van der Waals surface area contributed by atoms with E-state index in [0.29, 0.717) is 19.7 Å². The van der Waals surface area contributed by atoms with Gasteiger partial charge in [-0.15, -0.1) is 0 Å². The highest BCUT2D eigenvalue weighted by Crippen LogP contribution is 2.24. The Kier molecular flexibility index (Phi) is 4.35. The number of hydrogen-bond acceptors (Lipinski definition) is 3. The Morgan fingerprint density at radius 2 is 2.36 bits per heavy atom. The molecule has 1 heterocycles. The van der Waals surface area contributed by atoms with E-state index in [9.17, 15) is 4.79 Å². The maximum absolute atomic E-state index is 11.7. The lowest BCUT2D eigenvalue weighted by atomic mass is 10.0. The second kappa shape index (κ2) is 5.32. The monoisotopic (exact) mass is 200 g/mol. The Labute approximate surface area is 85.2 Å². The van der Waals surface area contributed by atoms with E-state index in [1.54, 1.807) is 0 Å². The van der Waals surface area contributed by atoms with Crippen LogP contribution in [0.1, 0.15) is 32.6 Å². The van der Waals surface area contributed by atoms with Crippen molar-refractivity contribution in [2.75, 3.05) is 19.7 Å². The highest BCUT2D eigenvalue weighted by atomic mass is 16.5. The third-order valence-corrected chi connectivity index (χ3v) is 2.62. The van der Waals surface area contributed by atoms with E-state index in [2.05, 4.69) is 5.32 Å². The topological polar surface area (TPSA) is 64.4 Å². The van der Waals surface area contributed by atoms with Gasteiger partial charge < -0.3 is 15.8 Å². The first kappa shape index (κ1) is 11.5. The van der Waals surface area contributed by atoms with Crippen LogP contribution in [0.2, 0.25) is 0 Å². The van der Waals surface area contributed by atoms with E-state index in [1.807, 2.05) is 6.92 Å². The minimum atomic E-state index is -0.581. The molecule has 1 amide bonds. The molecule has 0 aromatic carbocycles. The summed E-state index contributed by atoms with van der Waals surface area (Å²) in [6.07, 6.45) is 3.71. The van der Waals surface area contributed by atoms with Crippen molar-refractivity contribution in [2.24, 2.45) is 5.73 Å². The number of nitrogens with two attached hydrogens (primary N) is 1. The number of carbonyl (C=O) groups excluding carboxylic acids is 1. The molecule has 4 heteroatoms. The van der Waals surface area contributed by atoms with E-state index < -0.39 is 5.60 Å². The van der Waals surface area contributed by atoms with Gasteiger partial charge in [0.05, 0.1) is 0 Å². The van der Waals surface area contributed by atoms with Crippen molar-refractivity contribution < 1.29 is 9.53 Å². The SMILES string of the molecule is CC1(C(=O)NCCCCN)CCCO1. The molecule has 1 saturated heterocycles. The first-order chi connectivity index (χ1) is 6.69. The maximum Gasteiger partial charge on any atom is 0.251 e. The van der Waals surface area contributed by atoms with E-state index in [0.717, 1.165) is 25.7 Å². The molecule has 1 fully saturated rings. The molecule has 1 aliphatic rings. The molecule has 3 N–H and O–H groups in total. The molecule has 82 valence electrons. The van der Waals surface area contributed by atoms with Crippen molar-refractivity contribution in [2.45, 2.75) is 38.2 Å². The van der Waals surface area contributed by atoms with Crippen LogP contribution in [-0.4, -0.2) is 31.2 Å². The third kappa shape index (κ3) is 2.96. The van der Waals surface area contributed by atoms with Crippen LogP contribution in [0.4, 0.5) is 0 Å². The molecule has 0 radical (unpaired) electrons. The second-order valence-electron chi connectivity index (χ2n) is 3.93. The Morgan fingerprint density at radius 3 is 2.93 bits per heavy atom. The Bertz CT molecular complexity index is 189. The van der Waals surface area contributed by atoms with Crippen LogP contribution in [0.3, 0.4) is 0 Å². The van der Waals surface area contributed by atoms with Gasteiger partial charge in [0, 0.05) is 13.2 Å². The van der Waals surface area contributed by atoms with E-state index >= 15 is 0 Å². The molecule has 0 aromatic heterocycles. The standard InChI is InChI=1S/C10H20N2O2/c1-10(5-4-8-14-10)9(13)12-7-3-2-6-11/h2-8,11H2,1H3,(H,12,13). The van der Waals surface area contributed by atoms with Gasteiger partial charge in [-0.2, -0.15) is 0 Å². The summed E-state index contributed by atoms with van der Waals surface area (Å²) < 4.78 is 5.42. The fraction of sp³-hybridized carbons (Fsp3) is 0.900. The molecule has 1 atom stereocenters. The van der Waals surface area contributed by atoms with Crippen molar-refractivity contribution in [1.82, 2.24) is 5.32 Å². The summed E-state index contributed by atoms with van der Waals surface area (Å²) in [7, 11) is 0. The fourth-order valence-corrected chi connectivity index (χ4v) is 1.62. The van der Waals surface area contributed by atoms with Crippen molar-refractivity contribution in [1.29, 1.82) is 0 Å². The molecule has 14 heavy (non-hydrogen) atoms. The molecule has 0 saturated carbocycles. The molecule has 0 aromatic rings. The Hall–Kier alpha value is -0.610. The normalized spacial score (nSPS) is 26.4. The van der Waals surface area contributed by atoms with Gasteiger partial charge in [0.15, 0.2) is 0 Å². The van der Waals surface area contributed by atoms with E-state index in [1.165, 1.54) is 0 Å². The number of ether oxygens (including phenoxy) is 1. The average Bonchev–Trinajstić information content (AvgIpc) is 2.61. The Balaban J connectivity index is 2.20. The zero-order valence-electron chi connectivity index (χ0n) is 8.84. The lowest BCUT2D eigenvalue weighted by Gasteiger charge is -2.21. The summed E-state index contributed by atoms with van der Waals surface area (Å²) in [6, 6.07) is 0. The number of amides is 1. The van der Waals surface area contributed by atoms with Crippen molar-refractivity contribution in [3.05, 3.63) is 0 Å². The van der Waals surface area contributed by atoms with Gasteiger partial charge in [0.1, 0.15) is 5.60 Å². The quantitative estimate of drug-likeness (QED) is 0.632. The zero-order chi connectivity index (χ0) is 10.4. The number of rotatable bonds is 5. The van der Waals surface area contributed by atoms with Gasteiger partial charge in [-0.25, -0.2) is 0 Å². The van der Waals surface area contributed by atoms with Crippen LogP contribution in [0, 0.1) is 0 Å². The molecule has 0 bridgehead atoms. The summed E-state index contributed by atoms with van der Waals surface area (Å²) in [5.41, 5.74) is 4.78. The van der Waals surface area contributed by atoms with Crippen LogP contribution in [0.15, 0.2) is 0 Å². The highest BCUT2D eigenvalue weighted by molar-refractivity contribution is 5.84. The predicted octanol–water partition coefficient (Wildman–Crippen LogP) is 0.411. The van der Waals surface area contributed by atoms with Crippen molar-refractivity contribution in [3.8, 4) is 0 Å². The van der Waals surface area contributed by atoms with Gasteiger partial charge in [0.2, 0.25) is 0 Å². The van der Waals surface area contributed by atoms with Gasteiger partial charge >= 0.3 is 0 Å². The molecular formula is C10H20N2O2. The number of carbonyl (C=O) groups is 1. The highest BCUT2D eigenvalue weighted by Gasteiger charge is 2.37. The van der Waals surface area contributed by atoms with Crippen LogP contribution < -0.4 is 11.1 Å². The maximum atomic E-state index is 11.7. The smallest absolute Gasteiger partial charge is 0.251 e. The summed E-state index contributed by atoms with van der Waals surface area (Å²) in [5.74, 6) is 0.0204. The minimum Gasteiger partial charge on any atom is -0.365 e. The van der Waals surface area contributed by atoms with Crippen LogP contribution in [0.5, 0.6) is 0 Å². The summed E-state index contributed by atoms with van der Waals surface area (Å²) in [5, 5.41) is 2.88. The minimum absolute atomic E-state index is 0.0204. The molecule has 0 spiro atoms. The summed E-state index contributed by atoms with van der Waals surface area (Å²) in [6.45, 7) is 3.95. The van der Waals surface area contributed by atoms with Gasteiger partial charge in [-0.3, -0.25) is 4.79 Å². The molecular weight excluding hydrogens is 180 g/mol. The Morgan fingerprint density at radius 1 is 1.57 bits per heavy atom. The summed E-state index contributed by atoms with van der Waals surface area (Å²) >= 11 is 0. The number of unbranched alkanes of at least 4 members (excludes halogenated alkanes) is 1. The van der Waals surface area contributed by atoms with Crippen LogP contribution in [-0.2, 0) is 9.53 Å². The first-order valence-corrected chi connectivity index (χ1v) is 5.31. The van der Waals surface area contributed by atoms with Gasteiger partial charge in [-0.05, 0) is 39.2 Å². The van der Waals surface area contributed by atoms with Gasteiger partial charge in [-0.1, -0.05) is 0 Å². The summed E-state index contributed by atoms with van der Waals surface area (Å²) in [4.78, 5) is 11.7. The van der Waals surface area contributed by atoms with E-state index in [4.69, 9.17) is 10.5 Å². The van der Waals surface area contributed by atoms with E-state index in [-0.39, 0.29) is 5.91 Å². The molecule has 4 nitrogen and oxygen atoms in total.